The number of amides is 2. The van der Waals surface area contributed by atoms with Gasteiger partial charge in [-0.3, -0.25) is 9.59 Å². The third kappa shape index (κ3) is 5.55. The van der Waals surface area contributed by atoms with Crippen LogP contribution in [0.4, 0.5) is 5.69 Å². The molecule has 0 radical (unpaired) electrons. The van der Waals surface area contributed by atoms with Crippen molar-refractivity contribution < 1.29 is 9.59 Å². The normalized spacial score (nSPS) is 11.7. The van der Waals surface area contributed by atoms with Crippen molar-refractivity contribution in [2.75, 3.05) is 5.32 Å². The van der Waals surface area contributed by atoms with Gasteiger partial charge >= 0.3 is 0 Å². The number of para-hydroxylation sites is 1. The van der Waals surface area contributed by atoms with Crippen molar-refractivity contribution in [1.29, 1.82) is 0 Å². The number of benzene rings is 3. The molecule has 0 spiro atoms. The zero-order valence-corrected chi connectivity index (χ0v) is 16.8. The summed E-state index contributed by atoms with van der Waals surface area (Å²) in [5.74, 6) is -0.0376. The fourth-order valence-corrected chi connectivity index (χ4v) is 3.27. The van der Waals surface area contributed by atoms with Gasteiger partial charge in [0.2, 0.25) is 5.91 Å². The zero-order chi connectivity index (χ0) is 20.6. The minimum Gasteiger partial charge on any atom is -0.345 e. The molecule has 0 aliphatic rings. The van der Waals surface area contributed by atoms with Crippen LogP contribution in [0.1, 0.15) is 53.7 Å². The highest BCUT2D eigenvalue weighted by Gasteiger charge is 2.20. The monoisotopic (exact) mass is 386 g/mol. The molecule has 2 N–H and O–H groups in total. The molecule has 2 amide bonds. The molecule has 29 heavy (non-hydrogen) atoms. The number of carbonyl (C=O) groups excluding carboxylic acids is 2. The average Bonchev–Trinajstić information content (AvgIpc) is 2.74. The van der Waals surface area contributed by atoms with Crippen molar-refractivity contribution in [3.63, 3.8) is 0 Å². The van der Waals surface area contributed by atoms with E-state index in [-0.39, 0.29) is 18.2 Å². The highest BCUT2D eigenvalue weighted by atomic mass is 16.2. The SMILES string of the molecule is CC(C)c1ccccc1NC(=O)C[C@@H](NC(=O)c1ccccc1)c1ccccc1. The quantitative estimate of drug-likeness (QED) is 0.578. The lowest BCUT2D eigenvalue weighted by molar-refractivity contribution is -0.116. The van der Waals surface area contributed by atoms with Crippen LogP contribution in [0.25, 0.3) is 0 Å². The molecular formula is C25H26N2O2. The maximum absolute atomic E-state index is 12.8. The second-order valence-electron chi connectivity index (χ2n) is 7.30. The van der Waals surface area contributed by atoms with Gasteiger partial charge in [0.1, 0.15) is 0 Å². The van der Waals surface area contributed by atoms with Gasteiger partial charge in [-0.25, -0.2) is 0 Å². The van der Waals surface area contributed by atoms with E-state index in [0.29, 0.717) is 11.5 Å². The molecule has 0 unspecified atom stereocenters. The molecular weight excluding hydrogens is 360 g/mol. The summed E-state index contributed by atoms with van der Waals surface area (Å²) in [6.07, 6.45) is 0.148. The first kappa shape index (κ1) is 20.3. The van der Waals surface area contributed by atoms with Crippen LogP contribution in [0, 0.1) is 0 Å². The lowest BCUT2D eigenvalue weighted by Crippen LogP contribution is -2.31. The van der Waals surface area contributed by atoms with Crippen LogP contribution in [0.15, 0.2) is 84.9 Å². The molecule has 3 rings (SSSR count). The molecule has 0 saturated heterocycles. The molecule has 148 valence electrons. The van der Waals surface area contributed by atoms with Gasteiger partial charge in [0.15, 0.2) is 0 Å². The predicted molar refractivity (Wildman–Crippen MR) is 117 cm³/mol. The number of carbonyl (C=O) groups is 2. The number of hydrogen-bond donors (Lipinski definition) is 2. The molecule has 0 bridgehead atoms. The molecule has 0 fully saturated rings. The Kier molecular flexibility index (Phi) is 6.80. The Hall–Kier alpha value is -3.40. The van der Waals surface area contributed by atoms with Gasteiger partial charge in [0, 0.05) is 11.3 Å². The summed E-state index contributed by atoms with van der Waals surface area (Å²) in [6.45, 7) is 4.19. The van der Waals surface area contributed by atoms with Gasteiger partial charge < -0.3 is 10.6 Å². The largest absolute Gasteiger partial charge is 0.345 e. The van der Waals surface area contributed by atoms with Crippen LogP contribution in [0.2, 0.25) is 0 Å². The third-order valence-corrected chi connectivity index (χ3v) is 4.79. The lowest BCUT2D eigenvalue weighted by atomic mass is 10.00. The van der Waals surface area contributed by atoms with Crippen LogP contribution >= 0.6 is 0 Å². The summed E-state index contributed by atoms with van der Waals surface area (Å²) in [4.78, 5) is 25.5. The van der Waals surface area contributed by atoms with Crippen molar-refractivity contribution in [3.8, 4) is 0 Å². The summed E-state index contributed by atoms with van der Waals surface area (Å²) < 4.78 is 0. The van der Waals surface area contributed by atoms with Gasteiger partial charge in [0.05, 0.1) is 12.5 Å². The van der Waals surface area contributed by atoms with Crippen molar-refractivity contribution in [1.82, 2.24) is 5.32 Å². The van der Waals surface area contributed by atoms with Crippen LogP contribution in [0.3, 0.4) is 0 Å². The second-order valence-corrected chi connectivity index (χ2v) is 7.30. The summed E-state index contributed by atoms with van der Waals surface area (Å²) in [7, 11) is 0. The molecule has 4 heteroatoms. The number of rotatable bonds is 7. The molecule has 3 aromatic rings. The van der Waals surface area contributed by atoms with Gasteiger partial charge in [-0.1, -0.05) is 80.6 Å². The second kappa shape index (κ2) is 9.69. The fourth-order valence-electron chi connectivity index (χ4n) is 3.27. The van der Waals surface area contributed by atoms with Crippen molar-refractivity contribution in [2.45, 2.75) is 32.2 Å². The molecule has 0 aromatic heterocycles. The highest BCUT2D eigenvalue weighted by molar-refractivity contribution is 5.96. The number of anilines is 1. The minimum atomic E-state index is -0.421. The first-order valence-electron chi connectivity index (χ1n) is 9.84. The Balaban J connectivity index is 1.77. The molecule has 0 heterocycles. The summed E-state index contributed by atoms with van der Waals surface area (Å²) >= 11 is 0. The van der Waals surface area contributed by atoms with Crippen LogP contribution in [0.5, 0.6) is 0 Å². The Morgan fingerprint density at radius 2 is 1.38 bits per heavy atom. The Labute approximate surface area is 172 Å². The van der Waals surface area contributed by atoms with E-state index in [9.17, 15) is 9.59 Å². The lowest BCUT2D eigenvalue weighted by Gasteiger charge is -2.20. The van der Waals surface area contributed by atoms with E-state index in [2.05, 4.69) is 24.5 Å². The van der Waals surface area contributed by atoms with E-state index in [1.165, 1.54) is 0 Å². The van der Waals surface area contributed by atoms with Crippen molar-refractivity contribution >= 4 is 17.5 Å². The van der Waals surface area contributed by atoms with E-state index < -0.39 is 6.04 Å². The van der Waals surface area contributed by atoms with Crippen molar-refractivity contribution in [3.05, 3.63) is 102 Å². The molecule has 1 atom stereocenters. The van der Waals surface area contributed by atoms with E-state index in [1.54, 1.807) is 12.1 Å². The maximum Gasteiger partial charge on any atom is 0.251 e. The maximum atomic E-state index is 12.8. The summed E-state index contributed by atoms with van der Waals surface area (Å²) in [5.41, 5.74) is 3.36. The van der Waals surface area contributed by atoms with E-state index in [4.69, 9.17) is 0 Å². The van der Waals surface area contributed by atoms with Gasteiger partial charge in [-0.15, -0.1) is 0 Å². The van der Waals surface area contributed by atoms with E-state index >= 15 is 0 Å². The number of nitrogens with one attached hydrogen (secondary N) is 2. The van der Waals surface area contributed by atoms with Crippen molar-refractivity contribution in [2.24, 2.45) is 0 Å². The zero-order valence-electron chi connectivity index (χ0n) is 16.8. The smallest absolute Gasteiger partial charge is 0.251 e. The Bertz CT molecular complexity index is 953. The minimum absolute atomic E-state index is 0.139. The van der Waals surface area contributed by atoms with Crippen LogP contribution < -0.4 is 10.6 Å². The number of hydrogen-bond acceptors (Lipinski definition) is 2. The molecule has 0 aliphatic carbocycles. The topological polar surface area (TPSA) is 58.2 Å². The fraction of sp³-hybridized carbons (Fsp3) is 0.200. The van der Waals surface area contributed by atoms with Gasteiger partial charge in [0.25, 0.3) is 5.91 Å². The highest BCUT2D eigenvalue weighted by Crippen LogP contribution is 2.25. The molecule has 0 saturated carbocycles. The van der Waals surface area contributed by atoms with Gasteiger partial charge in [-0.2, -0.15) is 0 Å². The molecule has 0 aliphatic heterocycles. The third-order valence-electron chi connectivity index (χ3n) is 4.79. The standard InChI is InChI=1S/C25H26N2O2/c1-18(2)21-15-9-10-16-22(21)26-24(28)17-23(19-11-5-3-6-12-19)27-25(29)20-13-7-4-8-14-20/h3-16,18,23H,17H2,1-2H3,(H,26,28)(H,27,29)/t23-/m1/s1. The predicted octanol–water partition coefficient (Wildman–Crippen LogP) is 5.31. The molecule has 4 nitrogen and oxygen atoms in total. The molecule has 3 aromatic carbocycles. The Morgan fingerprint density at radius 3 is 2.03 bits per heavy atom. The van der Waals surface area contributed by atoms with Crippen LogP contribution in [-0.4, -0.2) is 11.8 Å². The van der Waals surface area contributed by atoms with Crippen LogP contribution in [-0.2, 0) is 4.79 Å². The van der Waals surface area contributed by atoms with E-state index in [0.717, 1.165) is 16.8 Å². The summed E-state index contributed by atoms with van der Waals surface area (Å²) in [5, 5.41) is 6.02. The first-order chi connectivity index (χ1) is 14.0. The van der Waals surface area contributed by atoms with Gasteiger partial charge in [-0.05, 0) is 35.2 Å². The summed E-state index contributed by atoms with van der Waals surface area (Å²) in [6, 6.07) is 26.0. The van der Waals surface area contributed by atoms with E-state index in [1.807, 2.05) is 72.8 Å². The first-order valence-corrected chi connectivity index (χ1v) is 9.84. The Morgan fingerprint density at radius 1 is 0.793 bits per heavy atom. The average molecular weight is 386 g/mol.